The van der Waals surface area contributed by atoms with Crippen molar-refractivity contribution < 1.29 is 0 Å². The van der Waals surface area contributed by atoms with Crippen molar-refractivity contribution >= 4 is 17.4 Å². The highest BCUT2D eigenvalue weighted by Crippen LogP contribution is 2.62. The van der Waals surface area contributed by atoms with Crippen molar-refractivity contribution in [1.29, 1.82) is 0 Å². The van der Waals surface area contributed by atoms with Crippen LogP contribution in [0.3, 0.4) is 0 Å². The summed E-state index contributed by atoms with van der Waals surface area (Å²) < 4.78 is 0. The zero-order chi connectivity index (χ0) is 39.7. The number of aliphatic imine (C=N–C) groups is 2. The number of rotatable bonds is 5. The Bertz CT molecular complexity index is 2980. The first kappa shape index (κ1) is 34.9. The number of hydrogen-bond donors (Lipinski definition) is 2. The van der Waals surface area contributed by atoms with Crippen LogP contribution in [0.4, 0.5) is 5.69 Å². The van der Waals surface area contributed by atoms with Crippen molar-refractivity contribution in [2.45, 2.75) is 30.8 Å². The zero-order valence-corrected chi connectivity index (χ0v) is 33.0. The lowest BCUT2D eigenvalue weighted by molar-refractivity contribution is 0.563. The number of amidine groups is 2. The summed E-state index contributed by atoms with van der Waals surface area (Å²) in [7, 11) is 0. The Hall–Kier alpha value is -7.30. The van der Waals surface area contributed by atoms with Crippen molar-refractivity contribution in [3.63, 3.8) is 0 Å². The van der Waals surface area contributed by atoms with Crippen LogP contribution in [0.5, 0.6) is 0 Å². The molecule has 282 valence electrons. The van der Waals surface area contributed by atoms with E-state index in [0.29, 0.717) is 5.84 Å². The van der Waals surface area contributed by atoms with E-state index in [9.17, 15) is 0 Å². The van der Waals surface area contributed by atoms with E-state index in [0.717, 1.165) is 50.5 Å². The fraction of sp³-hybridized carbons (Fsp3) is 0.0909. The molecule has 1 aliphatic heterocycles. The van der Waals surface area contributed by atoms with Gasteiger partial charge in [-0.3, -0.25) is 0 Å². The molecule has 0 bridgehead atoms. The number of nitrogen functional groups attached to an aromatic ring is 1. The van der Waals surface area contributed by atoms with Gasteiger partial charge < -0.3 is 11.1 Å². The largest absolute Gasteiger partial charge is 0.399 e. The second kappa shape index (κ2) is 13.4. The van der Waals surface area contributed by atoms with Gasteiger partial charge in [0.1, 0.15) is 12.0 Å². The summed E-state index contributed by atoms with van der Waals surface area (Å²) in [5.74, 6) is 1.46. The number of nitrogens with one attached hydrogen (secondary N) is 1. The second-order valence-corrected chi connectivity index (χ2v) is 16.4. The van der Waals surface area contributed by atoms with Crippen molar-refractivity contribution in [1.82, 2.24) is 5.32 Å². The van der Waals surface area contributed by atoms with Gasteiger partial charge in [-0.1, -0.05) is 178 Å². The highest BCUT2D eigenvalue weighted by Gasteiger charge is 2.53. The molecule has 0 aromatic heterocycles. The van der Waals surface area contributed by atoms with Crippen LogP contribution in [0.15, 0.2) is 204 Å². The quantitative estimate of drug-likeness (QED) is 0.172. The first-order chi connectivity index (χ1) is 28.9. The van der Waals surface area contributed by atoms with Crippen LogP contribution in [-0.2, 0) is 10.8 Å². The third-order valence-electron chi connectivity index (χ3n) is 12.7. The molecular formula is C55H42N4. The van der Waals surface area contributed by atoms with Gasteiger partial charge in [0.25, 0.3) is 0 Å². The lowest BCUT2D eigenvalue weighted by atomic mass is 9.55. The summed E-state index contributed by atoms with van der Waals surface area (Å²) in [5, 5.41) is 3.65. The van der Waals surface area contributed by atoms with Crippen molar-refractivity contribution in [3.05, 3.63) is 244 Å². The summed E-state index contributed by atoms with van der Waals surface area (Å²) >= 11 is 0. The molecule has 0 amide bonds. The standard InChI is InChI=1S/C55H42N4/c1-54(2)47-25-8-10-27-49(47)55(50-28-11-9-26-48(50)54)45-24-7-6-23-43(45)44-34-39(29-30-46(44)55)37-18-13-21-41(32-37)53-58-51(35-15-4-3-5-16-35)57-52(59-53)40-20-12-17-36(31-40)38-19-14-22-42(56)33-38/h3-34,51H,56H2,1-2H3,(H,57,58,59). The van der Waals surface area contributed by atoms with Gasteiger partial charge in [-0.2, -0.15) is 0 Å². The van der Waals surface area contributed by atoms with Crippen LogP contribution in [0.1, 0.15) is 70.1 Å². The van der Waals surface area contributed by atoms with Crippen molar-refractivity contribution in [2.24, 2.45) is 9.98 Å². The normalized spacial score (nSPS) is 16.5. The molecule has 0 saturated heterocycles. The fourth-order valence-corrected chi connectivity index (χ4v) is 9.98. The Balaban J connectivity index is 1.03. The highest BCUT2D eigenvalue weighted by atomic mass is 15.2. The minimum Gasteiger partial charge on any atom is -0.399 e. The molecule has 59 heavy (non-hydrogen) atoms. The molecule has 8 aromatic rings. The minimum atomic E-state index is -0.416. The number of anilines is 1. The van der Waals surface area contributed by atoms with Crippen LogP contribution in [-0.4, -0.2) is 11.7 Å². The van der Waals surface area contributed by atoms with E-state index in [2.05, 4.69) is 189 Å². The zero-order valence-electron chi connectivity index (χ0n) is 33.0. The third kappa shape index (κ3) is 5.44. The third-order valence-corrected chi connectivity index (χ3v) is 12.7. The molecule has 2 aliphatic carbocycles. The van der Waals surface area contributed by atoms with Gasteiger partial charge in [0.05, 0.1) is 5.41 Å². The lowest BCUT2D eigenvalue weighted by Crippen LogP contribution is -2.40. The van der Waals surface area contributed by atoms with Gasteiger partial charge in [0.15, 0.2) is 5.84 Å². The number of nitrogens with two attached hydrogens (primary N) is 1. The molecule has 4 nitrogen and oxygen atoms in total. The summed E-state index contributed by atoms with van der Waals surface area (Å²) in [6, 6.07) is 69.8. The van der Waals surface area contributed by atoms with Crippen LogP contribution >= 0.6 is 0 Å². The monoisotopic (exact) mass is 758 g/mol. The Morgan fingerprint density at radius 3 is 1.66 bits per heavy atom. The summed E-state index contributed by atoms with van der Waals surface area (Å²) in [5.41, 5.74) is 24.5. The molecule has 1 unspecified atom stereocenters. The van der Waals surface area contributed by atoms with Crippen LogP contribution in [0, 0.1) is 0 Å². The van der Waals surface area contributed by atoms with Gasteiger partial charge in [0.2, 0.25) is 0 Å². The molecule has 1 heterocycles. The first-order valence-corrected chi connectivity index (χ1v) is 20.4. The molecule has 11 rings (SSSR count). The Morgan fingerprint density at radius 2 is 0.966 bits per heavy atom. The Morgan fingerprint density at radius 1 is 0.441 bits per heavy atom. The van der Waals surface area contributed by atoms with Crippen LogP contribution < -0.4 is 11.1 Å². The SMILES string of the molecule is CC1(C)c2ccccc2C2(c3ccccc3-c3cc(-c4cccc(C5=NC(c6ccccc6)NC(c6cccc(-c7cccc(N)c7)c6)=N5)c4)ccc32)c2ccccc21. The average molecular weight is 759 g/mol. The maximum Gasteiger partial charge on any atom is 0.159 e. The van der Waals surface area contributed by atoms with E-state index in [1.54, 1.807) is 0 Å². The molecular weight excluding hydrogens is 717 g/mol. The summed E-state index contributed by atoms with van der Waals surface area (Å²) in [6.45, 7) is 4.74. The number of hydrogen-bond acceptors (Lipinski definition) is 4. The maximum atomic E-state index is 6.17. The number of benzene rings is 8. The average Bonchev–Trinajstić information content (AvgIpc) is 3.59. The van der Waals surface area contributed by atoms with Gasteiger partial charge in [0, 0.05) is 22.2 Å². The number of nitrogens with zero attached hydrogens (tertiary/aromatic N) is 2. The molecule has 1 atom stereocenters. The van der Waals surface area contributed by atoms with Crippen LogP contribution in [0.25, 0.3) is 33.4 Å². The fourth-order valence-electron chi connectivity index (χ4n) is 9.98. The van der Waals surface area contributed by atoms with Crippen molar-refractivity contribution in [3.8, 4) is 33.4 Å². The van der Waals surface area contributed by atoms with Crippen LogP contribution in [0.2, 0.25) is 0 Å². The molecule has 0 saturated carbocycles. The van der Waals surface area contributed by atoms with E-state index in [-0.39, 0.29) is 11.6 Å². The van der Waals surface area contributed by atoms with E-state index in [1.807, 2.05) is 24.3 Å². The van der Waals surface area contributed by atoms with Gasteiger partial charge in [-0.05, 0) is 103 Å². The van der Waals surface area contributed by atoms with Gasteiger partial charge >= 0.3 is 0 Å². The molecule has 4 heteroatoms. The van der Waals surface area contributed by atoms with E-state index in [4.69, 9.17) is 15.7 Å². The van der Waals surface area contributed by atoms with Crippen molar-refractivity contribution in [2.75, 3.05) is 5.73 Å². The lowest BCUT2D eigenvalue weighted by Gasteiger charge is -2.46. The highest BCUT2D eigenvalue weighted by molar-refractivity contribution is 6.13. The second-order valence-electron chi connectivity index (χ2n) is 16.4. The topological polar surface area (TPSA) is 62.8 Å². The number of fused-ring (bicyclic) bond motifs is 9. The van der Waals surface area contributed by atoms with E-state index >= 15 is 0 Å². The molecule has 0 radical (unpaired) electrons. The van der Waals surface area contributed by atoms with Gasteiger partial charge in [-0.25, -0.2) is 9.98 Å². The van der Waals surface area contributed by atoms with E-state index < -0.39 is 5.41 Å². The maximum absolute atomic E-state index is 6.17. The smallest absolute Gasteiger partial charge is 0.159 e. The molecule has 3 N–H and O–H groups in total. The molecule has 8 aromatic carbocycles. The molecule has 1 spiro atoms. The predicted molar refractivity (Wildman–Crippen MR) is 243 cm³/mol. The summed E-state index contributed by atoms with van der Waals surface area (Å²) in [6.07, 6.45) is -0.308. The van der Waals surface area contributed by atoms with Gasteiger partial charge in [-0.15, -0.1) is 0 Å². The predicted octanol–water partition coefficient (Wildman–Crippen LogP) is 12.1. The first-order valence-electron chi connectivity index (χ1n) is 20.4. The molecule has 3 aliphatic rings. The summed E-state index contributed by atoms with van der Waals surface area (Å²) in [4.78, 5) is 10.4. The molecule has 0 fully saturated rings. The van der Waals surface area contributed by atoms with E-state index in [1.165, 1.54) is 44.5 Å². The minimum absolute atomic E-state index is 0.130. The Kier molecular flexibility index (Phi) is 7.92. The Labute approximate surface area is 345 Å².